The van der Waals surface area contributed by atoms with Crippen LogP contribution in [0.4, 0.5) is 0 Å². The average Bonchev–Trinajstić information content (AvgIpc) is 2.90. The molecule has 0 fully saturated rings. The van der Waals surface area contributed by atoms with Crippen LogP contribution in [-0.2, 0) is 20.3 Å². The molecule has 20 heavy (non-hydrogen) atoms. The number of rotatable bonds is 5. The first-order chi connectivity index (χ1) is 9.34. The van der Waals surface area contributed by atoms with Gasteiger partial charge >= 0.3 is 0 Å². The zero-order chi connectivity index (χ0) is 14.9. The van der Waals surface area contributed by atoms with E-state index >= 15 is 0 Å². The van der Waals surface area contributed by atoms with Crippen LogP contribution in [0.5, 0.6) is 0 Å². The molecule has 0 bridgehead atoms. The van der Waals surface area contributed by atoms with Gasteiger partial charge in [-0.15, -0.1) is 21.5 Å². The maximum Gasteiger partial charge on any atom is 0.296 e. The third-order valence-corrected chi connectivity index (χ3v) is 6.72. The van der Waals surface area contributed by atoms with Crippen LogP contribution in [0.15, 0.2) is 19.5 Å². The second kappa shape index (κ2) is 6.41. The Labute approximate surface area is 140 Å². The molecule has 0 saturated carbocycles. The number of hydrogen-bond acceptors (Lipinski definition) is 6. The molecule has 0 N–H and O–H groups in total. The Kier molecular flexibility index (Phi) is 5.24. The second-order valence-corrected chi connectivity index (χ2v) is 9.30. The van der Waals surface area contributed by atoms with Crippen molar-refractivity contribution >= 4 is 62.9 Å². The van der Waals surface area contributed by atoms with Gasteiger partial charge in [-0.25, -0.2) is 8.42 Å². The minimum absolute atomic E-state index is 0.285. The van der Waals surface area contributed by atoms with Gasteiger partial charge in [0.15, 0.2) is 5.82 Å². The van der Waals surface area contributed by atoms with Gasteiger partial charge in [0.25, 0.3) is 14.2 Å². The molecule has 0 atom stereocenters. The van der Waals surface area contributed by atoms with Crippen LogP contribution in [0.25, 0.3) is 10.7 Å². The van der Waals surface area contributed by atoms with E-state index in [0.717, 1.165) is 13.1 Å². The summed E-state index contributed by atoms with van der Waals surface area (Å²) in [7, 11) is 2.93. The van der Waals surface area contributed by atoms with Gasteiger partial charge in [0.2, 0.25) is 0 Å². The number of thiophene rings is 1. The van der Waals surface area contributed by atoms with Gasteiger partial charge in [-0.1, -0.05) is 0 Å². The Hall–Kier alpha value is -0.000000000000000167. The number of ether oxygens (including phenoxy) is 1. The van der Waals surface area contributed by atoms with Crippen LogP contribution in [0.3, 0.4) is 0 Å². The molecule has 0 aliphatic heterocycles. The molecular formula is C9H8Br2ClN3O3S2. The fraction of sp³-hybridized carbons (Fsp3) is 0.333. The molecule has 6 nitrogen and oxygen atoms in total. The highest BCUT2D eigenvalue weighted by Crippen LogP contribution is 2.38. The van der Waals surface area contributed by atoms with Crippen LogP contribution in [0.2, 0.25) is 0 Å². The van der Waals surface area contributed by atoms with Crippen LogP contribution in [0.1, 0.15) is 0 Å². The third kappa shape index (κ3) is 3.42. The summed E-state index contributed by atoms with van der Waals surface area (Å²) in [4.78, 5) is 0.763. The molecule has 0 aliphatic carbocycles. The van der Waals surface area contributed by atoms with Crippen LogP contribution < -0.4 is 0 Å². The van der Waals surface area contributed by atoms with E-state index in [-0.39, 0.29) is 11.7 Å². The van der Waals surface area contributed by atoms with Crippen molar-refractivity contribution in [1.82, 2.24) is 14.8 Å². The lowest BCUT2D eigenvalue weighted by Crippen LogP contribution is -2.11. The lowest BCUT2D eigenvalue weighted by Gasteiger charge is -2.06. The summed E-state index contributed by atoms with van der Waals surface area (Å²) in [5.41, 5.74) is 0. The Morgan fingerprint density at radius 2 is 2.15 bits per heavy atom. The topological polar surface area (TPSA) is 74.1 Å². The van der Waals surface area contributed by atoms with Crippen LogP contribution in [0, 0.1) is 0 Å². The molecule has 2 heterocycles. The van der Waals surface area contributed by atoms with E-state index in [1.807, 2.05) is 6.07 Å². The molecule has 0 aliphatic rings. The van der Waals surface area contributed by atoms with Crippen molar-refractivity contribution in [2.75, 3.05) is 13.7 Å². The number of hydrogen-bond donors (Lipinski definition) is 0. The summed E-state index contributed by atoms with van der Waals surface area (Å²) in [6, 6.07) is 1.83. The zero-order valence-electron chi connectivity index (χ0n) is 10.0. The Morgan fingerprint density at radius 3 is 2.65 bits per heavy atom. The molecule has 0 aromatic carbocycles. The van der Waals surface area contributed by atoms with Crippen molar-refractivity contribution in [3.63, 3.8) is 0 Å². The standard InChI is InChI=1S/C9H8Br2ClN3O3S2/c1-18-3-2-15-8(6-4-5(10)7(11)19-6)13-14-9(15)20(12,16)17/h4H,2-3H2,1H3. The lowest BCUT2D eigenvalue weighted by molar-refractivity contribution is 0.185. The first-order valence-corrected chi connectivity index (χ1v) is 9.87. The first-order valence-electron chi connectivity index (χ1n) is 5.16. The quantitative estimate of drug-likeness (QED) is 0.635. The molecule has 0 saturated heterocycles. The Morgan fingerprint density at radius 1 is 1.45 bits per heavy atom. The molecule has 0 spiro atoms. The highest BCUT2D eigenvalue weighted by molar-refractivity contribution is 9.13. The SMILES string of the molecule is COCCn1c(-c2cc(Br)c(Br)s2)nnc1S(=O)(=O)Cl. The molecule has 0 unspecified atom stereocenters. The van der Waals surface area contributed by atoms with E-state index in [4.69, 9.17) is 15.4 Å². The molecule has 110 valence electrons. The highest BCUT2D eigenvalue weighted by atomic mass is 79.9. The number of aromatic nitrogens is 3. The molecule has 2 aromatic rings. The van der Waals surface area contributed by atoms with E-state index in [1.165, 1.54) is 23.0 Å². The summed E-state index contributed by atoms with van der Waals surface area (Å²) < 4.78 is 31.2. The molecule has 0 amide bonds. The zero-order valence-corrected chi connectivity index (χ0v) is 15.6. The van der Waals surface area contributed by atoms with Gasteiger partial charge in [0, 0.05) is 22.3 Å². The normalized spacial score (nSPS) is 12.0. The number of halogens is 3. The maximum atomic E-state index is 11.5. The van der Waals surface area contributed by atoms with Gasteiger partial charge in [0.05, 0.1) is 21.8 Å². The maximum absolute atomic E-state index is 11.5. The van der Waals surface area contributed by atoms with Crippen molar-refractivity contribution in [1.29, 1.82) is 0 Å². The summed E-state index contributed by atoms with van der Waals surface area (Å²) in [5.74, 6) is 0.428. The van der Waals surface area contributed by atoms with Crippen molar-refractivity contribution in [3.05, 3.63) is 14.3 Å². The molecule has 2 rings (SSSR count). The lowest BCUT2D eigenvalue weighted by atomic mass is 10.4. The molecule has 11 heteroatoms. The summed E-state index contributed by atoms with van der Waals surface area (Å²) >= 11 is 8.16. The van der Waals surface area contributed by atoms with Crippen LogP contribution >= 0.6 is 53.9 Å². The van der Waals surface area contributed by atoms with Crippen molar-refractivity contribution in [2.24, 2.45) is 0 Å². The minimum atomic E-state index is -3.97. The molecule has 2 aromatic heterocycles. The van der Waals surface area contributed by atoms with Gasteiger partial charge in [-0.05, 0) is 37.9 Å². The summed E-state index contributed by atoms with van der Waals surface area (Å²) in [6.45, 7) is 0.603. The Bertz CT molecular complexity index is 709. The predicted molar refractivity (Wildman–Crippen MR) is 83.6 cm³/mol. The Balaban J connectivity index is 2.55. The monoisotopic (exact) mass is 463 g/mol. The van der Waals surface area contributed by atoms with Crippen molar-refractivity contribution in [3.8, 4) is 10.7 Å². The molecular weight excluding hydrogens is 458 g/mol. The van der Waals surface area contributed by atoms with E-state index in [2.05, 4.69) is 42.1 Å². The van der Waals surface area contributed by atoms with Gasteiger partial charge in [0.1, 0.15) is 0 Å². The summed E-state index contributed by atoms with van der Waals surface area (Å²) in [5, 5.41) is 7.31. The van der Waals surface area contributed by atoms with E-state index in [9.17, 15) is 8.42 Å². The highest BCUT2D eigenvalue weighted by Gasteiger charge is 2.24. The van der Waals surface area contributed by atoms with E-state index < -0.39 is 9.05 Å². The van der Waals surface area contributed by atoms with E-state index in [1.54, 1.807) is 0 Å². The average molecular weight is 466 g/mol. The fourth-order valence-electron chi connectivity index (χ4n) is 1.49. The molecule has 0 radical (unpaired) electrons. The minimum Gasteiger partial charge on any atom is -0.383 e. The summed E-state index contributed by atoms with van der Waals surface area (Å²) in [6.07, 6.45) is 0. The van der Waals surface area contributed by atoms with Gasteiger partial charge < -0.3 is 4.74 Å². The van der Waals surface area contributed by atoms with Crippen molar-refractivity contribution < 1.29 is 13.2 Å². The number of nitrogens with zero attached hydrogens (tertiary/aromatic N) is 3. The van der Waals surface area contributed by atoms with E-state index in [0.29, 0.717) is 12.4 Å². The third-order valence-electron chi connectivity index (χ3n) is 2.32. The predicted octanol–water partition coefficient (Wildman–Crippen LogP) is 3.11. The van der Waals surface area contributed by atoms with Crippen molar-refractivity contribution in [2.45, 2.75) is 11.7 Å². The largest absolute Gasteiger partial charge is 0.383 e. The van der Waals surface area contributed by atoms with Gasteiger partial charge in [-0.3, -0.25) is 4.57 Å². The van der Waals surface area contributed by atoms with Gasteiger partial charge in [-0.2, -0.15) is 0 Å². The van der Waals surface area contributed by atoms with Crippen LogP contribution in [-0.4, -0.2) is 36.9 Å². The number of methoxy groups -OCH3 is 1. The first kappa shape index (κ1) is 16.4. The second-order valence-electron chi connectivity index (χ2n) is 3.62. The fourth-order valence-corrected chi connectivity index (χ4v) is 4.44. The smallest absolute Gasteiger partial charge is 0.296 e.